The molecule has 168 valence electrons. The van der Waals surface area contributed by atoms with Crippen molar-refractivity contribution in [2.45, 2.75) is 45.8 Å². The number of furan rings is 1. The first-order valence-electron chi connectivity index (χ1n) is 11.2. The Kier molecular flexibility index (Phi) is 5.70. The highest BCUT2D eigenvalue weighted by Gasteiger charge is 2.27. The highest BCUT2D eigenvalue weighted by molar-refractivity contribution is 5.52. The van der Waals surface area contributed by atoms with Crippen molar-refractivity contribution in [2.75, 3.05) is 26.4 Å². The minimum absolute atomic E-state index is 0.0126. The van der Waals surface area contributed by atoms with Crippen LogP contribution in [0.1, 0.15) is 45.1 Å². The average Bonchev–Trinajstić information content (AvgIpc) is 3.67. The predicted molar refractivity (Wildman–Crippen MR) is 122 cm³/mol. The molecule has 0 bridgehead atoms. The highest BCUT2D eigenvalue weighted by Crippen LogP contribution is 2.39. The van der Waals surface area contributed by atoms with Crippen molar-refractivity contribution < 1.29 is 23.4 Å². The molecule has 2 aromatic carbocycles. The minimum atomic E-state index is -0.0126. The van der Waals surface area contributed by atoms with Gasteiger partial charge in [-0.3, -0.25) is 0 Å². The van der Waals surface area contributed by atoms with Crippen LogP contribution >= 0.6 is 0 Å². The lowest BCUT2D eigenvalue weighted by molar-refractivity contribution is 0.260. The Morgan fingerprint density at radius 2 is 1.22 bits per heavy atom. The predicted octanol–water partition coefficient (Wildman–Crippen LogP) is 5.25. The molecule has 32 heavy (non-hydrogen) atoms. The van der Waals surface area contributed by atoms with Crippen LogP contribution in [0.3, 0.4) is 0 Å². The summed E-state index contributed by atoms with van der Waals surface area (Å²) >= 11 is 0. The first kappa shape index (κ1) is 21.1. The van der Waals surface area contributed by atoms with Crippen molar-refractivity contribution in [2.24, 2.45) is 0 Å². The third-order valence-electron chi connectivity index (χ3n) is 6.09. The zero-order chi connectivity index (χ0) is 22.2. The minimum Gasteiger partial charge on any atom is -0.490 e. The second-order valence-corrected chi connectivity index (χ2v) is 8.95. The van der Waals surface area contributed by atoms with Crippen LogP contribution < -0.4 is 9.47 Å². The standard InChI is InChI=1S/C27H30O5/c1-16-8-20(9-17(2)26(16)31-14-22-12-29-22)25(24-6-5-7-28-24)21-10-18(3)27(19(4)11-21)32-15-23-13-30-23/h5-11,22-23,25H,12-15H2,1-4H3. The molecule has 2 atom stereocenters. The summed E-state index contributed by atoms with van der Waals surface area (Å²) in [5, 5.41) is 0. The van der Waals surface area contributed by atoms with E-state index in [-0.39, 0.29) is 18.1 Å². The number of epoxide rings is 2. The van der Waals surface area contributed by atoms with Gasteiger partial charge < -0.3 is 23.4 Å². The molecule has 2 aliphatic rings. The van der Waals surface area contributed by atoms with Gasteiger partial charge in [0.05, 0.1) is 25.4 Å². The molecule has 0 aliphatic carbocycles. The number of benzene rings is 2. The van der Waals surface area contributed by atoms with Crippen LogP contribution in [0.5, 0.6) is 11.5 Å². The molecule has 3 aromatic rings. The molecule has 5 heteroatoms. The van der Waals surface area contributed by atoms with Gasteiger partial charge in [-0.1, -0.05) is 24.3 Å². The van der Waals surface area contributed by atoms with Gasteiger partial charge in [-0.15, -0.1) is 0 Å². The number of aryl methyl sites for hydroxylation is 4. The normalized spacial score (nSPS) is 20.1. The SMILES string of the molecule is Cc1cc(C(c2cc(C)c(OCC3CO3)c(C)c2)c2ccco2)cc(C)c1OCC1CO1. The number of ether oxygens (including phenoxy) is 4. The molecule has 5 rings (SSSR count). The largest absolute Gasteiger partial charge is 0.490 e. The molecule has 0 N–H and O–H groups in total. The van der Waals surface area contributed by atoms with Crippen LogP contribution in [0, 0.1) is 27.7 Å². The van der Waals surface area contributed by atoms with Crippen molar-refractivity contribution in [1.29, 1.82) is 0 Å². The Morgan fingerprint density at radius 1 is 0.781 bits per heavy atom. The smallest absolute Gasteiger partial charge is 0.125 e. The summed E-state index contributed by atoms with van der Waals surface area (Å²) < 4.78 is 28.6. The topological polar surface area (TPSA) is 56.7 Å². The molecule has 2 fully saturated rings. The van der Waals surface area contributed by atoms with Gasteiger partial charge in [-0.05, 0) is 73.2 Å². The maximum absolute atomic E-state index is 6.05. The Bertz CT molecular complexity index is 976. The Labute approximate surface area is 189 Å². The van der Waals surface area contributed by atoms with E-state index in [4.69, 9.17) is 23.4 Å². The fourth-order valence-electron chi connectivity index (χ4n) is 4.41. The second kappa shape index (κ2) is 8.64. The summed E-state index contributed by atoms with van der Waals surface area (Å²) in [6.45, 7) is 11.2. The first-order chi connectivity index (χ1) is 15.5. The zero-order valence-electron chi connectivity index (χ0n) is 19.1. The summed E-state index contributed by atoms with van der Waals surface area (Å²) in [6, 6.07) is 12.8. The lowest BCUT2D eigenvalue weighted by Crippen LogP contribution is -2.10. The average molecular weight is 435 g/mol. The first-order valence-corrected chi connectivity index (χ1v) is 11.2. The van der Waals surface area contributed by atoms with E-state index in [2.05, 4.69) is 52.0 Å². The number of hydrogen-bond acceptors (Lipinski definition) is 5. The van der Waals surface area contributed by atoms with E-state index < -0.39 is 0 Å². The van der Waals surface area contributed by atoms with Gasteiger partial charge in [-0.2, -0.15) is 0 Å². The zero-order valence-corrected chi connectivity index (χ0v) is 19.1. The molecule has 0 saturated carbocycles. The molecular weight excluding hydrogens is 404 g/mol. The summed E-state index contributed by atoms with van der Waals surface area (Å²) in [6.07, 6.45) is 2.21. The number of rotatable bonds is 9. The van der Waals surface area contributed by atoms with E-state index in [0.29, 0.717) is 13.2 Å². The Hall–Kier alpha value is -2.76. The Morgan fingerprint density at radius 3 is 1.56 bits per heavy atom. The molecule has 0 radical (unpaired) electrons. The van der Waals surface area contributed by atoms with Gasteiger partial charge in [0.25, 0.3) is 0 Å². The van der Waals surface area contributed by atoms with E-state index in [1.165, 1.54) is 11.1 Å². The van der Waals surface area contributed by atoms with E-state index >= 15 is 0 Å². The van der Waals surface area contributed by atoms with Crippen LogP contribution in [0.25, 0.3) is 0 Å². The van der Waals surface area contributed by atoms with Crippen LogP contribution in [0.4, 0.5) is 0 Å². The van der Waals surface area contributed by atoms with Gasteiger partial charge >= 0.3 is 0 Å². The number of hydrogen-bond donors (Lipinski definition) is 0. The lowest BCUT2D eigenvalue weighted by atomic mass is 9.85. The monoisotopic (exact) mass is 434 g/mol. The van der Waals surface area contributed by atoms with Crippen molar-refractivity contribution in [3.05, 3.63) is 81.8 Å². The molecule has 2 aliphatic heterocycles. The van der Waals surface area contributed by atoms with Crippen LogP contribution in [0.15, 0.2) is 47.1 Å². The quantitative estimate of drug-likeness (QED) is 0.431. The second-order valence-electron chi connectivity index (χ2n) is 8.95. The summed E-state index contributed by atoms with van der Waals surface area (Å²) in [4.78, 5) is 0. The van der Waals surface area contributed by atoms with Gasteiger partial charge in [0.2, 0.25) is 0 Å². The van der Waals surface area contributed by atoms with Gasteiger partial charge in [0, 0.05) is 0 Å². The van der Waals surface area contributed by atoms with Crippen LogP contribution in [-0.2, 0) is 9.47 Å². The third kappa shape index (κ3) is 4.54. The van der Waals surface area contributed by atoms with Crippen molar-refractivity contribution in [3.63, 3.8) is 0 Å². The van der Waals surface area contributed by atoms with Gasteiger partial charge in [-0.25, -0.2) is 0 Å². The molecule has 0 amide bonds. The van der Waals surface area contributed by atoms with E-state index in [1.54, 1.807) is 6.26 Å². The molecule has 5 nitrogen and oxygen atoms in total. The summed E-state index contributed by atoms with van der Waals surface area (Å²) in [7, 11) is 0. The molecular formula is C27H30O5. The van der Waals surface area contributed by atoms with E-state index in [0.717, 1.165) is 52.7 Å². The molecule has 1 aromatic heterocycles. The van der Waals surface area contributed by atoms with E-state index in [9.17, 15) is 0 Å². The maximum atomic E-state index is 6.05. The van der Waals surface area contributed by atoms with Crippen LogP contribution in [-0.4, -0.2) is 38.6 Å². The molecule has 0 spiro atoms. The lowest BCUT2D eigenvalue weighted by Gasteiger charge is -2.22. The Balaban J connectivity index is 1.49. The van der Waals surface area contributed by atoms with Crippen molar-refractivity contribution >= 4 is 0 Å². The molecule has 3 heterocycles. The van der Waals surface area contributed by atoms with E-state index in [1.807, 2.05) is 12.1 Å². The van der Waals surface area contributed by atoms with Crippen molar-refractivity contribution in [1.82, 2.24) is 0 Å². The van der Waals surface area contributed by atoms with Gasteiger partial charge in [0.15, 0.2) is 0 Å². The molecule has 2 saturated heterocycles. The third-order valence-corrected chi connectivity index (χ3v) is 6.09. The summed E-state index contributed by atoms with van der Waals surface area (Å²) in [5.74, 6) is 2.80. The molecule has 2 unspecified atom stereocenters. The fourth-order valence-corrected chi connectivity index (χ4v) is 4.41. The van der Waals surface area contributed by atoms with Gasteiger partial charge in [0.1, 0.15) is 42.7 Å². The van der Waals surface area contributed by atoms with Crippen LogP contribution in [0.2, 0.25) is 0 Å². The maximum Gasteiger partial charge on any atom is 0.125 e. The van der Waals surface area contributed by atoms with Crippen molar-refractivity contribution in [3.8, 4) is 11.5 Å². The highest BCUT2D eigenvalue weighted by atomic mass is 16.6. The summed E-state index contributed by atoms with van der Waals surface area (Å²) in [5.41, 5.74) is 6.85. The fraction of sp³-hybridized carbons (Fsp3) is 0.407.